The lowest BCUT2D eigenvalue weighted by Gasteiger charge is -2.11. The van der Waals surface area contributed by atoms with Crippen molar-refractivity contribution < 1.29 is 4.79 Å². The Morgan fingerprint density at radius 2 is 2.06 bits per heavy atom. The summed E-state index contributed by atoms with van der Waals surface area (Å²) in [6.07, 6.45) is 1.26. The zero-order valence-electron chi connectivity index (χ0n) is 9.39. The number of halogens is 2. The Balaban J connectivity index is 2.59. The van der Waals surface area contributed by atoms with Crippen LogP contribution < -0.4 is 5.32 Å². The van der Waals surface area contributed by atoms with E-state index in [-0.39, 0.29) is 11.9 Å². The summed E-state index contributed by atoms with van der Waals surface area (Å²) >= 11 is 11.7. The molecule has 2 nitrogen and oxygen atoms in total. The zero-order chi connectivity index (χ0) is 12.1. The van der Waals surface area contributed by atoms with E-state index in [1.807, 2.05) is 19.9 Å². The molecular formula is C12H15Cl2NO. The monoisotopic (exact) mass is 259 g/mol. The Labute approximate surface area is 106 Å². The summed E-state index contributed by atoms with van der Waals surface area (Å²) in [6, 6.07) is 5.44. The molecule has 1 unspecified atom stereocenters. The van der Waals surface area contributed by atoms with Crippen LogP contribution in [0.5, 0.6) is 0 Å². The molecule has 0 fully saturated rings. The van der Waals surface area contributed by atoms with Crippen molar-refractivity contribution in [2.75, 3.05) is 0 Å². The van der Waals surface area contributed by atoms with Crippen LogP contribution in [0.3, 0.4) is 0 Å². The van der Waals surface area contributed by atoms with Crippen molar-refractivity contribution in [2.45, 2.75) is 32.7 Å². The predicted molar refractivity (Wildman–Crippen MR) is 68.1 cm³/mol. The molecule has 0 saturated heterocycles. The van der Waals surface area contributed by atoms with Crippen molar-refractivity contribution in [2.24, 2.45) is 0 Å². The first-order valence-electron chi connectivity index (χ1n) is 5.26. The third-order valence-electron chi connectivity index (χ3n) is 2.37. The molecule has 0 aromatic heterocycles. The molecule has 88 valence electrons. The van der Waals surface area contributed by atoms with Crippen LogP contribution in [-0.4, -0.2) is 11.9 Å². The second kappa shape index (κ2) is 6.12. The van der Waals surface area contributed by atoms with Gasteiger partial charge in [-0.05, 0) is 31.0 Å². The molecule has 1 aromatic rings. The Morgan fingerprint density at radius 1 is 1.38 bits per heavy atom. The van der Waals surface area contributed by atoms with Gasteiger partial charge in [-0.3, -0.25) is 4.79 Å². The van der Waals surface area contributed by atoms with Gasteiger partial charge in [0.05, 0.1) is 16.5 Å². The van der Waals surface area contributed by atoms with Gasteiger partial charge in [-0.1, -0.05) is 36.2 Å². The van der Waals surface area contributed by atoms with Crippen molar-refractivity contribution in [3.8, 4) is 0 Å². The Kier molecular flexibility index (Phi) is 5.10. The second-order valence-electron chi connectivity index (χ2n) is 3.80. The van der Waals surface area contributed by atoms with Gasteiger partial charge < -0.3 is 5.32 Å². The van der Waals surface area contributed by atoms with E-state index < -0.39 is 0 Å². The summed E-state index contributed by atoms with van der Waals surface area (Å²) in [5, 5.41) is 3.89. The first kappa shape index (κ1) is 13.3. The summed E-state index contributed by atoms with van der Waals surface area (Å²) in [5.41, 5.74) is 0.871. The average Bonchev–Trinajstić information content (AvgIpc) is 2.23. The van der Waals surface area contributed by atoms with Gasteiger partial charge in [-0.2, -0.15) is 0 Å². The fourth-order valence-electron chi connectivity index (χ4n) is 1.26. The maximum atomic E-state index is 11.6. The highest BCUT2D eigenvalue weighted by molar-refractivity contribution is 6.42. The fourth-order valence-corrected chi connectivity index (χ4v) is 1.58. The van der Waals surface area contributed by atoms with Gasteiger partial charge in [-0.25, -0.2) is 0 Å². The minimum absolute atomic E-state index is 0.00717. The SMILES string of the molecule is CCC(C)NC(=O)Cc1ccc(Cl)c(Cl)c1. The van der Waals surface area contributed by atoms with Crippen LogP contribution in [0.2, 0.25) is 10.0 Å². The lowest BCUT2D eigenvalue weighted by Crippen LogP contribution is -2.33. The number of carbonyl (C=O) groups excluding carboxylic acids is 1. The molecule has 1 rings (SSSR count). The van der Waals surface area contributed by atoms with Crippen molar-refractivity contribution in [3.05, 3.63) is 33.8 Å². The molecule has 16 heavy (non-hydrogen) atoms. The highest BCUT2D eigenvalue weighted by Gasteiger charge is 2.07. The molecule has 1 N–H and O–H groups in total. The van der Waals surface area contributed by atoms with Crippen LogP contribution in [-0.2, 0) is 11.2 Å². The van der Waals surface area contributed by atoms with Crippen molar-refractivity contribution in [1.29, 1.82) is 0 Å². The molecule has 1 amide bonds. The minimum Gasteiger partial charge on any atom is -0.353 e. The summed E-state index contributed by atoms with van der Waals surface area (Å²) in [6.45, 7) is 4.01. The molecule has 0 aliphatic carbocycles. The number of hydrogen-bond donors (Lipinski definition) is 1. The van der Waals surface area contributed by atoms with Gasteiger partial charge in [0.2, 0.25) is 5.91 Å². The molecule has 0 radical (unpaired) electrons. The van der Waals surface area contributed by atoms with E-state index >= 15 is 0 Å². The molecule has 0 aliphatic heterocycles. The molecule has 0 spiro atoms. The second-order valence-corrected chi connectivity index (χ2v) is 4.62. The lowest BCUT2D eigenvalue weighted by molar-refractivity contribution is -0.121. The van der Waals surface area contributed by atoms with Gasteiger partial charge in [0.15, 0.2) is 0 Å². The van der Waals surface area contributed by atoms with E-state index in [4.69, 9.17) is 23.2 Å². The quantitative estimate of drug-likeness (QED) is 0.882. The molecular weight excluding hydrogens is 245 g/mol. The van der Waals surface area contributed by atoms with Crippen molar-refractivity contribution >= 4 is 29.1 Å². The minimum atomic E-state index is 0.00717. The molecule has 4 heteroatoms. The van der Waals surface area contributed by atoms with Gasteiger partial charge in [0, 0.05) is 6.04 Å². The van der Waals surface area contributed by atoms with Gasteiger partial charge in [-0.15, -0.1) is 0 Å². The molecule has 0 saturated carbocycles. The van der Waals surface area contributed by atoms with Gasteiger partial charge in [0.25, 0.3) is 0 Å². The Hall–Kier alpha value is -0.730. The number of benzene rings is 1. The number of carbonyl (C=O) groups is 1. The van der Waals surface area contributed by atoms with Crippen LogP contribution >= 0.6 is 23.2 Å². The molecule has 1 aromatic carbocycles. The summed E-state index contributed by atoms with van der Waals surface area (Å²) in [5.74, 6) is 0.00717. The van der Waals surface area contributed by atoms with Gasteiger partial charge in [0.1, 0.15) is 0 Å². The van der Waals surface area contributed by atoms with E-state index in [1.165, 1.54) is 0 Å². The van der Waals surface area contributed by atoms with Crippen LogP contribution in [0.25, 0.3) is 0 Å². The summed E-state index contributed by atoms with van der Waals surface area (Å²) in [4.78, 5) is 11.6. The Bertz CT molecular complexity index is 379. The first-order chi connectivity index (χ1) is 7.52. The maximum Gasteiger partial charge on any atom is 0.224 e. The normalized spacial score (nSPS) is 12.2. The molecule has 0 bridgehead atoms. The topological polar surface area (TPSA) is 29.1 Å². The maximum absolute atomic E-state index is 11.6. The average molecular weight is 260 g/mol. The van der Waals surface area contributed by atoms with E-state index in [2.05, 4.69) is 5.32 Å². The van der Waals surface area contributed by atoms with E-state index in [9.17, 15) is 4.79 Å². The van der Waals surface area contributed by atoms with E-state index in [0.29, 0.717) is 16.5 Å². The number of amides is 1. The standard InChI is InChI=1S/C12H15Cl2NO/c1-3-8(2)15-12(16)7-9-4-5-10(13)11(14)6-9/h4-6,8H,3,7H2,1-2H3,(H,15,16). The zero-order valence-corrected chi connectivity index (χ0v) is 10.9. The largest absolute Gasteiger partial charge is 0.353 e. The predicted octanol–water partition coefficient (Wildman–Crippen LogP) is 3.45. The van der Waals surface area contributed by atoms with Crippen LogP contribution in [0.15, 0.2) is 18.2 Å². The Morgan fingerprint density at radius 3 is 2.62 bits per heavy atom. The number of hydrogen-bond acceptors (Lipinski definition) is 1. The fraction of sp³-hybridized carbons (Fsp3) is 0.417. The summed E-state index contributed by atoms with van der Waals surface area (Å²) < 4.78 is 0. The van der Waals surface area contributed by atoms with Gasteiger partial charge >= 0.3 is 0 Å². The molecule has 1 atom stereocenters. The van der Waals surface area contributed by atoms with Crippen molar-refractivity contribution in [3.63, 3.8) is 0 Å². The smallest absolute Gasteiger partial charge is 0.224 e. The van der Waals surface area contributed by atoms with Crippen LogP contribution in [0.1, 0.15) is 25.8 Å². The first-order valence-corrected chi connectivity index (χ1v) is 6.01. The summed E-state index contributed by atoms with van der Waals surface area (Å²) in [7, 11) is 0. The lowest BCUT2D eigenvalue weighted by atomic mass is 10.1. The third kappa shape index (κ3) is 4.03. The van der Waals surface area contributed by atoms with Crippen LogP contribution in [0, 0.1) is 0 Å². The third-order valence-corrected chi connectivity index (χ3v) is 3.11. The highest BCUT2D eigenvalue weighted by Crippen LogP contribution is 2.22. The van der Waals surface area contributed by atoms with Crippen LogP contribution in [0.4, 0.5) is 0 Å². The van der Waals surface area contributed by atoms with E-state index in [0.717, 1.165) is 12.0 Å². The number of rotatable bonds is 4. The molecule has 0 heterocycles. The van der Waals surface area contributed by atoms with Crippen molar-refractivity contribution in [1.82, 2.24) is 5.32 Å². The number of nitrogens with one attached hydrogen (secondary N) is 1. The molecule has 0 aliphatic rings. The highest BCUT2D eigenvalue weighted by atomic mass is 35.5. The van der Waals surface area contributed by atoms with E-state index in [1.54, 1.807) is 12.1 Å².